The summed E-state index contributed by atoms with van der Waals surface area (Å²) in [7, 11) is 0. The van der Waals surface area contributed by atoms with Crippen LogP contribution >= 0.6 is 0 Å². The lowest BCUT2D eigenvalue weighted by Crippen LogP contribution is -2.61. The van der Waals surface area contributed by atoms with Gasteiger partial charge >= 0.3 is 0 Å². The zero-order valence-corrected chi connectivity index (χ0v) is 13.6. The van der Waals surface area contributed by atoms with E-state index in [0.29, 0.717) is 6.54 Å². The summed E-state index contributed by atoms with van der Waals surface area (Å²) in [5.41, 5.74) is 0.811. The summed E-state index contributed by atoms with van der Waals surface area (Å²) >= 11 is 0. The lowest BCUT2D eigenvalue weighted by molar-refractivity contribution is -0.161. The second kappa shape index (κ2) is 6.39. The molecule has 0 bridgehead atoms. The van der Waals surface area contributed by atoms with Gasteiger partial charge in [-0.25, -0.2) is 0 Å². The Bertz CT molecular complexity index is 509. The number of morpholine rings is 1. The van der Waals surface area contributed by atoms with Gasteiger partial charge in [-0.15, -0.1) is 0 Å². The Hall–Kier alpha value is -1.39. The molecule has 3 rings (SSSR count). The molecule has 0 aliphatic carbocycles. The molecule has 0 radical (unpaired) electrons. The molecule has 120 valence electrons. The Balaban J connectivity index is 1.76. The van der Waals surface area contributed by atoms with Gasteiger partial charge in [-0.1, -0.05) is 25.1 Å². The molecular formula is C18H26N2O2. The van der Waals surface area contributed by atoms with Crippen molar-refractivity contribution in [3.63, 3.8) is 0 Å². The minimum absolute atomic E-state index is 0.0767. The number of anilines is 1. The summed E-state index contributed by atoms with van der Waals surface area (Å²) in [5.74, 6) is 0.0767. The maximum Gasteiger partial charge on any atom is 0.255 e. The van der Waals surface area contributed by atoms with E-state index in [4.69, 9.17) is 4.74 Å². The Morgan fingerprint density at radius 3 is 2.55 bits per heavy atom. The molecule has 2 fully saturated rings. The van der Waals surface area contributed by atoms with Crippen molar-refractivity contribution in [3.05, 3.63) is 30.3 Å². The lowest BCUT2D eigenvalue weighted by Gasteiger charge is -2.49. The fraction of sp³-hybridized carbons (Fsp3) is 0.611. The highest BCUT2D eigenvalue weighted by Crippen LogP contribution is 2.34. The topological polar surface area (TPSA) is 32.8 Å². The van der Waals surface area contributed by atoms with Gasteiger partial charge in [0.15, 0.2) is 0 Å². The molecule has 4 nitrogen and oxygen atoms in total. The number of rotatable bonds is 3. The largest absolute Gasteiger partial charge is 0.360 e. The first kappa shape index (κ1) is 15.5. The van der Waals surface area contributed by atoms with Crippen molar-refractivity contribution in [3.8, 4) is 0 Å². The maximum absolute atomic E-state index is 12.5. The zero-order valence-electron chi connectivity index (χ0n) is 13.6. The highest BCUT2D eigenvalue weighted by Gasteiger charge is 2.45. The van der Waals surface area contributed by atoms with Gasteiger partial charge in [0.05, 0.1) is 12.1 Å². The molecule has 2 saturated heterocycles. The van der Waals surface area contributed by atoms with Gasteiger partial charge in [0.25, 0.3) is 5.91 Å². The first-order valence-electron chi connectivity index (χ1n) is 8.40. The lowest BCUT2D eigenvalue weighted by atomic mass is 9.88. The van der Waals surface area contributed by atoms with Crippen molar-refractivity contribution in [1.29, 1.82) is 0 Å². The van der Waals surface area contributed by atoms with Crippen LogP contribution in [0.4, 0.5) is 5.69 Å². The SMILES string of the molecule is CCCN1CCC2(CC1)CN(c1ccccc1)C(=O)C(C)O2. The number of ether oxygens (including phenoxy) is 1. The zero-order chi connectivity index (χ0) is 15.6. The molecule has 1 aromatic rings. The van der Waals surface area contributed by atoms with Crippen molar-refractivity contribution in [2.24, 2.45) is 0 Å². The maximum atomic E-state index is 12.5. The summed E-state index contributed by atoms with van der Waals surface area (Å²) in [5, 5.41) is 0. The van der Waals surface area contributed by atoms with Crippen molar-refractivity contribution in [1.82, 2.24) is 4.90 Å². The summed E-state index contributed by atoms with van der Waals surface area (Å²) in [6, 6.07) is 9.97. The molecule has 2 heterocycles. The first-order valence-corrected chi connectivity index (χ1v) is 8.40. The summed E-state index contributed by atoms with van der Waals surface area (Å²) in [4.78, 5) is 16.9. The summed E-state index contributed by atoms with van der Waals surface area (Å²) in [6.07, 6.45) is 2.85. The van der Waals surface area contributed by atoms with E-state index in [1.165, 1.54) is 6.42 Å². The normalized spacial score (nSPS) is 25.6. The highest BCUT2D eigenvalue weighted by molar-refractivity contribution is 5.97. The molecule has 0 saturated carbocycles. The number of hydrogen-bond acceptors (Lipinski definition) is 3. The molecule has 0 aromatic heterocycles. The van der Waals surface area contributed by atoms with Crippen LogP contribution in [-0.4, -0.2) is 48.7 Å². The number of carbonyl (C=O) groups excluding carboxylic acids is 1. The molecular weight excluding hydrogens is 276 g/mol. The molecule has 2 aliphatic rings. The van der Waals surface area contributed by atoms with E-state index < -0.39 is 0 Å². The molecule has 0 N–H and O–H groups in total. The number of hydrogen-bond donors (Lipinski definition) is 0. The minimum atomic E-state index is -0.355. The van der Waals surface area contributed by atoms with E-state index in [0.717, 1.165) is 38.2 Å². The van der Waals surface area contributed by atoms with E-state index in [1.807, 2.05) is 42.2 Å². The van der Waals surface area contributed by atoms with E-state index in [9.17, 15) is 4.79 Å². The molecule has 1 aromatic carbocycles. The highest BCUT2D eigenvalue weighted by atomic mass is 16.5. The predicted molar refractivity (Wildman–Crippen MR) is 88.0 cm³/mol. The van der Waals surface area contributed by atoms with Crippen molar-refractivity contribution in [2.75, 3.05) is 31.1 Å². The number of amides is 1. The third kappa shape index (κ3) is 3.03. The van der Waals surface area contributed by atoms with Gasteiger partial charge in [-0.2, -0.15) is 0 Å². The molecule has 4 heteroatoms. The van der Waals surface area contributed by atoms with Crippen LogP contribution in [0.3, 0.4) is 0 Å². The van der Waals surface area contributed by atoms with E-state index in [2.05, 4.69) is 11.8 Å². The number of likely N-dealkylation sites (tertiary alicyclic amines) is 1. The Morgan fingerprint density at radius 2 is 1.91 bits per heavy atom. The first-order chi connectivity index (χ1) is 10.6. The minimum Gasteiger partial charge on any atom is -0.360 e. The van der Waals surface area contributed by atoms with Crippen LogP contribution in [0.1, 0.15) is 33.1 Å². The van der Waals surface area contributed by atoms with Gasteiger partial charge < -0.3 is 14.5 Å². The smallest absolute Gasteiger partial charge is 0.255 e. The van der Waals surface area contributed by atoms with Crippen LogP contribution in [0, 0.1) is 0 Å². The fourth-order valence-electron chi connectivity index (χ4n) is 3.65. The third-order valence-corrected chi connectivity index (χ3v) is 4.86. The standard InChI is InChI=1S/C18H26N2O2/c1-3-11-19-12-9-18(10-13-19)14-20(17(21)15(2)22-18)16-7-5-4-6-8-16/h4-8,15H,3,9-14H2,1-2H3. The summed E-state index contributed by atoms with van der Waals surface area (Å²) < 4.78 is 6.19. The average Bonchev–Trinajstić information content (AvgIpc) is 2.54. The van der Waals surface area contributed by atoms with Gasteiger partial charge in [-0.05, 0) is 44.9 Å². The quantitative estimate of drug-likeness (QED) is 0.860. The Kier molecular flexibility index (Phi) is 4.50. The monoisotopic (exact) mass is 302 g/mol. The molecule has 1 spiro atoms. The van der Waals surface area contributed by atoms with Crippen LogP contribution in [0.25, 0.3) is 0 Å². The van der Waals surface area contributed by atoms with Gasteiger partial charge in [0, 0.05) is 18.8 Å². The van der Waals surface area contributed by atoms with Crippen LogP contribution in [-0.2, 0) is 9.53 Å². The number of nitrogens with zero attached hydrogens (tertiary/aromatic N) is 2. The van der Waals surface area contributed by atoms with Crippen LogP contribution < -0.4 is 4.90 Å². The molecule has 1 atom stereocenters. The van der Waals surface area contributed by atoms with Crippen LogP contribution in [0.15, 0.2) is 30.3 Å². The van der Waals surface area contributed by atoms with E-state index in [-0.39, 0.29) is 17.6 Å². The van der Waals surface area contributed by atoms with E-state index in [1.54, 1.807) is 0 Å². The van der Waals surface area contributed by atoms with Crippen molar-refractivity contribution >= 4 is 11.6 Å². The Morgan fingerprint density at radius 1 is 1.23 bits per heavy atom. The van der Waals surface area contributed by atoms with Crippen LogP contribution in [0.5, 0.6) is 0 Å². The third-order valence-electron chi connectivity index (χ3n) is 4.86. The second-order valence-corrected chi connectivity index (χ2v) is 6.54. The average molecular weight is 302 g/mol. The number of benzene rings is 1. The van der Waals surface area contributed by atoms with Crippen LogP contribution in [0.2, 0.25) is 0 Å². The van der Waals surface area contributed by atoms with Crippen molar-refractivity contribution < 1.29 is 9.53 Å². The van der Waals surface area contributed by atoms with E-state index >= 15 is 0 Å². The summed E-state index contributed by atoms with van der Waals surface area (Å²) in [6.45, 7) is 8.08. The molecule has 2 aliphatic heterocycles. The molecule has 22 heavy (non-hydrogen) atoms. The number of carbonyl (C=O) groups is 1. The molecule has 1 amide bonds. The second-order valence-electron chi connectivity index (χ2n) is 6.54. The van der Waals surface area contributed by atoms with Gasteiger partial charge in [0.2, 0.25) is 0 Å². The van der Waals surface area contributed by atoms with Crippen molar-refractivity contribution in [2.45, 2.75) is 44.8 Å². The fourth-order valence-corrected chi connectivity index (χ4v) is 3.65. The van der Waals surface area contributed by atoms with Gasteiger partial charge in [-0.3, -0.25) is 4.79 Å². The predicted octanol–water partition coefficient (Wildman–Crippen LogP) is 2.68. The van der Waals surface area contributed by atoms with Gasteiger partial charge in [0.1, 0.15) is 6.10 Å². The number of piperidine rings is 1. The molecule has 1 unspecified atom stereocenters. The Labute approximate surface area is 133 Å². The number of para-hydroxylation sites is 1.